The summed E-state index contributed by atoms with van der Waals surface area (Å²) in [4.78, 5) is 36.3. The number of urea groups is 1. The summed E-state index contributed by atoms with van der Waals surface area (Å²) in [5.74, 6) is -3.65. The first-order valence-electron chi connectivity index (χ1n) is 7.62. The Morgan fingerprint density at radius 1 is 1.40 bits per heavy atom. The van der Waals surface area contributed by atoms with Gasteiger partial charge in [-0.05, 0) is 19.9 Å². The molecule has 0 spiro atoms. The summed E-state index contributed by atoms with van der Waals surface area (Å²) >= 11 is 0. The molecule has 1 aliphatic heterocycles. The number of carboxylic acids is 1. The molecule has 1 saturated heterocycles. The molecule has 7 nitrogen and oxygen atoms in total. The number of carbonyl (C=O) groups excluding carboxylic acids is 1. The molecule has 2 aromatic rings. The standard InChI is InChI=1S/C16H15F2N3O4/c1-3-20-6-9(15(23)24)14(22)8-4-10(17)13(11(18)12(8)20)21-5-7(2)19-16(21)25/h4,6-7H,3,5H2,1-2H3,(H,19,25)(H,23,24). The van der Waals surface area contributed by atoms with Gasteiger partial charge in [0.25, 0.3) is 0 Å². The Morgan fingerprint density at radius 2 is 2.08 bits per heavy atom. The molecule has 1 fully saturated rings. The number of hydrogen-bond donors (Lipinski definition) is 2. The van der Waals surface area contributed by atoms with Gasteiger partial charge in [-0.25, -0.2) is 18.4 Å². The largest absolute Gasteiger partial charge is 0.477 e. The van der Waals surface area contributed by atoms with Crippen molar-refractivity contribution in [2.75, 3.05) is 11.4 Å². The van der Waals surface area contributed by atoms with Crippen LogP contribution in [0.25, 0.3) is 10.9 Å². The van der Waals surface area contributed by atoms with E-state index in [0.29, 0.717) is 0 Å². The van der Waals surface area contributed by atoms with Crippen molar-refractivity contribution >= 4 is 28.6 Å². The van der Waals surface area contributed by atoms with Crippen molar-refractivity contribution in [1.29, 1.82) is 0 Å². The van der Waals surface area contributed by atoms with Crippen molar-refractivity contribution in [3.63, 3.8) is 0 Å². The fraction of sp³-hybridized carbons (Fsp3) is 0.312. The predicted molar refractivity (Wildman–Crippen MR) is 86.1 cm³/mol. The molecule has 1 aromatic heterocycles. The topological polar surface area (TPSA) is 91.6 Å². The molecule has 25 heavy (non-hydrogen) atoms. The third-order valence-electron chi connectivity index (χ3n) is 4.14. The second kappa shape index (κ2) is 5.83. The van der Waals surface area contributed by atoms with Crippen LogP contribution in [0.15, 0.2) is 17.1 Å². The van der Waals surface area contributed by atoms with E-state index in [1.165, 1.54) is 4.57 Å². The molecule has 3 rings (SSSR count). The zero-order valence-corrected chi connectivity index (χ0v) is 13.5. The van der Waals surface area contributed by atoms with Gasteiger partial charge in [-0.15, -0.1) is 0 Å². The predicted octanol–water partition coefficient (Wildman–Crippen LogP) is 1.92. The molecule has 1 unspecified atom stereocenters. The first-order valence-corrected chi connectivity index (χ1v) is 7.62. The lowest BCUT2D eigenvalue weighted by Gasteiger charge is -2.19. The van der Waals surface area contributed by atoms with Crippen molar-refractivity contribution in [1.82, 2.24) is 9.88 Å². The van der Waals surface area contributed by atoms with Crippen molar-refractivity contribution < 1.29 is 23.5 Å². The summed E-state index contributed by atoms with van der Waals surface area (Å²) in [7, 11) is 0. The van der Waals surface area contributed by atoms with E-state index in [4.69, 9.17) is 5.11 Å². The number of nitrogens with one attached hydrogen (secondary N) is 1. The quantitative estimate of drug-likeness (QED) is 0.884. The van der Waals surface area contributed by atoms with Gasteiger partial charge in [-0.1, -0.05) is 0 Å². The molecular weight excluding hydrogens is 336 g/mol. The Balaban J connectivity index is 2.37. The summed E-state index contributed by atoms with van der Waals surface area (Å²) < 4.78 is 30.8. The summed E-state index contributed by atoms with van der Waals surface area (Å²) in [6.07, 6.45) is 1.02. The Labute approximate surface area is 140 Å². The number of halogens is 2. The second-order valence-corrected chi connectivity index (χ2v) is 5.84. The van der Waals surface area contributed by atoms with E-state index < -0.39 is 40.3 Å². The first-order chi connectivity index (χ1) is 11.8. The minimum absolute atomic E-state index is 0.0712. The van der Waals surface area contributed by atoms with Gasteiger partial charge in [0, 0.05) is 25.3 Å². The van der Waals surface area contributed by atoms with Crippen molar-refractivity contribution in [3.8, 4) is 0 Å². The number of nitrogens with zero attached hydrogens (tertiary/aromatic N) is 2. The van der Waals surface area contributed by atoms with E-state index in [0.717, 1.165) is 17.2 Å². The number of pyridine rings is 1. The number of aryl methyl sites for hydroxylation is 1. The number of aromatic nitrogens is 1. The van der Waals surface area contributed by atoms with Crippen molar-refractivity contribution in [2.45, 2.75) is 26.4 Å². The summed E-state index contributed by atoms with van der Waals surface area (Å²) in [5.41, 5.74) is -2.34. The maximum Gasteiger partial charge on any atom is 0.341 e. The molecule has 0 saturated carbocycles. The summed E-state index contributed by atoms with van der Waals surface area (Å²) in [5, 5.41) is 11.3. The first kappa shape index (κ1) is 16.9. The number of benzene rings is 1. The number of aromatic carboxylic acids is 1. The highest BCUT2D eigenvalue weighted by atomic mass is 19.1. The lowest BCUT2D eigenvalue weighted by Crippen LogP contribution is -2.30. The van der Waals surface area contributed by atoms with Gasteiger partial charge in [-0.2, -0.15) is 0 Å². The SMILES string of the molecule is CCn1cc(C(=O)O)c(=O)c2cc(F)c(N3CC(C)NC3=O)c(F)c21. The van der Waals surface area contributed by atoms with Crippen LogP contribution in [0.5, 0.6) is 0 Å². The molecule has 2 heterocycles. The molecule has 2 N–H and O–H groups in total. The minimum atomic E-state index is -1.48. The highest BCUT2D eigenvalue weighted by Gasteiger charge is 2.33. The van der Waals surface area contributed by atoms with E-state index >= 15 is 4.39 Å². The lowest BCUT2D eigenvalue weighted by molar-refractivity contribution is 0.0694. The second-order valence-electron chi connectivity index (χ2n) is 5.84. The van der Waals surface area contributed by atoms with E-state index in [1.807, 2.05) is 0 Å². The molecule has 0 aliphatic carbocycles. The minimum Gasteiger partial charge on any atom is -0.477 e. The fourth-order valence-electron chi connectivity index (χ4n) is 3.01. The van der Waals surface area contributed by atoms with Crippen LogP contribution in [0.2, 0.25) is 0 Å². The zero-order chi connectivity index (χ0) is 18.5. The Hall–Kier alpha value is -2.97. The highest BCUT2D eigenvalue weighted by molar-refractivity contribution is 5.98. The number of hydrogen-bond acceptors (Lipinski definition) is 3. The average Bonchev–Trinajstić information content (AvgIpc) is 2.86. The van der Waals surface area contributed by atoms with Crippen LogP contribution in [0.3, 0.4) is 0 Å². The van der Waals surface area contributed by atoms with E-state index in [2.05, 4.69) is 5.32 Å². The monoisotopic (exact) mass is 351 g/mol. The fourth-order valence-corrected chi connectivity index (χ4v) is 3.01. The smallest absolute Gasteiger partial charge is 0.341 e. The maximum atomic E-state index is 15.1. The van der Waals surface area contributed by atoms with Crippen molar-refractivity contribution in [2.24, 2.45) is 0 Å². The summed E-state index contributed by atoms with van der Waals surface area (Å²) in [6, 6.07) is -0.146. The average molecular weight is 351 g/mol. The van der Waals surface area contributed by atoms with Gasteiger partial charge >= 0.3 is 12.0 Å². The molecule has 1 aromatic carbocycles. The van der Waals surface area contributed by atoms with Crippen LogP contribution in [-0.2, 0) is 6.54 Å². The molecular formula is C16H15F2N3O4. The van der Waals surface area contributed by atoms with Gasteiger partial charge in [0.05, 0.1) is 10.9 Å². The van der Waals surface area contributed by atoms with E-state index in [1.54, 1.807) is 13.8 Å². The van der Waals surface area contributed by atoms with Crippen LogP contribution in [0, 0.1) is 11.6 Å². The molecule has 0 bridgehead atoms. The van der Waals surface area contributed by atoms with Gasteiger partial charge < -0.3 is 15.0 Å². The van der Waals surface area contributed by atoms with E-state index in [9.17, 15) is 18.8 Å². The normalized spacial score (nSPS) is 17.2. The third-order valence-corrected chi connectivity index (χ3v) is 4.14. The van der Waals surface area contributed by atoms with Crippen LogP contribution in [0.4, 0.5) is 19.3 Å². The highest BCUT2D eigenvalue weighted by Crippen LogP contribution is 2.31. The zero-order valence-electron chi connectivity index (χ0n) is 13.5. The Bertz CT molecular complexity index is 970. The number of carbonyl (C=O) groups is 2. The van der Waals surface area contributed by atoms with E-state index in [-0.39, 0.29) is 30.0 Å². The van der Waals surface area contributed by atoms with Crippen LogP contribution in [-0.4, -0.2) is 34.3 Å². The number of amides is 2. The summed E-state index contributed by atoms with van der Waals surface area (Å²) in [6.45, 7) is 3.54. The molecule has 9 heteroatoms. The van der Waals surface area contributed by atoms with Gasteiger partial charge in [0.15, 0.2) is 11.6 Å². The Kier molecular flexibility index (Phi) is 3.94. The Morgan fingerprint density at radius 3 is 2.60 bits per heavy atom. The number of anilines is 1. The van der Waals surface area contributed by atoms with Gasteiger partial charge in [0.1, 0.15) is 11.3 Å². The molecule has 0 radical (unpaired) electrons. The number of fused-ring (bicyclic) bond motifs is 1. The number of rotatable bonds is 3. The van der Waals surface area contributed by atoms with Crippen LogP contribution < -0.4 is 15.6 Å². The lowest BCUT2D eigenvalue weighted by atomic mass is 10.1. The molecule has 132 valence electrons. The van der Waals surface area contributed by atoms with Crippen LogP contribution in [0.1, 0.15) is 24.2 Å². The van der Waals surface area contributed by atoms with Crippen molar-refractivity contribution in [3.05, 3.63) is 39.7 Å². The molecule has 1 aliphatic rings. The van der Waals surface area contributed by atoms with Crippen LogP contribution >= 0.6 is 0 Å². The van der Waals surface area contributed by atoms with Gasteiger partial charge in [-0.3, -0.25) is 9.69 Å². The molecule has 2 amide bonds. The van der Waals surface area contributed by atoms with Gasteiger partial charge in [0.2, 0.25) is 5.43 Å². The molecule has 1 atom stereocenters. The number of carboxylic acid groups (broad SMARTS) is 1. The third kappa shape index (κ3) is 2.51. The maximum absolute atomic E-state index is 15.1.